The SMILES string of the molecule is COc1cc(/C(N)=C/c2ccc3c(c2)OCO3)ccc1OCCCCCCCCCCCO. The number of rotatable bonds is 15. The monoisotopic (exact) mass is 455 g/mol. The van der Waals surface area contributed by atoms with E-state index in [-0.39, 0.29) is 6.79 Å². The Bertz CT molecular complexity index is 896. The number of hydrogen-bond donors (Lipinski definition) is 2. The Morgan fingerprint density at radius 1 is 0.879 bits per heavy atom. The van der Waals surface area contributed by atoms with Gasteiger partial charge in [-0.25, -0.2) is 0 Å². The maximum Gasteiger partial charge on any atom is 0.231 e. The lowest BCUT2D eigenvalue weighted by molar-refractivity contribution is 0.174. The van der Waals surface area contributed by atoms with E-state index in [9.17, 15) is 0 Å². The quantitative estimate of drug-likeness (QED) is 0.262. The zero-order valence-corrected chi connectivity index (χ0v) is 19.7. The molecule has 33 heavy (non-hydrogen) atoms. The van der Waals surface area contributed by atoms with Crippen LogP contribution in [0.1, 0.15) is 68.9 Å². The molecule has 180 valence electrons. The van der Waals surface area contributed by atoms with Crippen molar-refractivity contribution < 1.29 is 24.1 Å². The van der Waals surface area contributed by atoms with Crippen LogP contribution >= 0.6 is 0 Å². The Balaban J connectivity index is 1.43. The molecule has 2 aromatic carbocycles. The lowest BCUT2D eigenvalue weighted by Crippen LogP contribution is -2.01. The highest BCUT2D eigenvalue weighted by atomic mass is 16.7. The van der Waals surface area contributed by atoms with Gasteiger partial charge in [0.2, 0.25) is 6.79 Å². The van der Waals surface area contributed by atoms with Crippen LogP contribution in [-0.2, 0) is 0 Å². The molecule has 6 nitrogen and oxygen atoms in total. The van der Waals surface area contributed by atoms with Crippen LogP contribution in [-0.4, -0.2) is 32.2 Å². The van der Waals surface area contributed by atoms with Crippen LogP contribution in [0.2, 0.25) is 0 Å². The van der Waals surface area contributed by atoms with Gasteiger partial charge in [0.25, 0.3) is 0 Å². The average Bonchev–Trinajstić information content (AvgIpc) is 3.30. The van der Waals surface area contributed by atoms with Crippen LogP contribution in [0.15, 0.2) is 36.4 Å². The maximum atomic E-state index is 8.79. The van der Waals surface area contributed by atoms with Gasteiger partial charge in [-0.1, -0.05) is 51.0 Å². The second kappa shape index (κ2) is 13.6. The minimum absolute atomic E-state index is 0.253. The summed E-state index contributed by atoms with van der Waals surface area (Å²) in [6, 6.07) is 11.5. The molecule has 0 saturated heterocycles. The van der Waals surface area contributed by atoms with Gasteiger partial charge in [0, 0.05) is 17.9 Å². The van der Waals surface area contributed by atoms with E-state index in [1.165, 1.54) is 38.5 Å². The fourth-order valence-corrected chi connectivity index (χ4v) is 3.87. The average molecular weight is 456 g/mol. The van der Waals surface area contributed by atoms with Crippen molar-refractivity contribution in [2.75, 3.05) is 27.1 Å². The first-order chi connectivity index (χ1) is 16.2. The summed E-state index contributed by atoms with van der Waals surface area (Å²) in [4.78, 5) is 0. The van der Waals surface area contributed by atoms with Crippen LogP contribution in [0.4, 0.5) is 0 Å². The first-order valence-corrected chi connectivity index (χ1v) is 12.0. The lowest BCUT2D eigenvalue weighted by atomic mass is 10.1. The maximum absolute atomic E-state index is 8.79. The molecule has 0 spiro atoms. The van der Waals surface area contributed by atoms with Crippen molar-refractivity contribution >= 4 is 11.8 Å². The number of ether oxygens (including phenoxy) is 4. The molecule has 0 aromatic heterocycles. The van der Waals surface area contributed by atoms with Crippen LogP contribution in [0.3, 0.4) is 0 Å². The Morgan fingerprint density at radius 3 is 2.30 bits per heavy atom. The predicted molar refractivity (Wildman–Crippen MR) is 132 cm³/mol. The smallest absolute Gasteiger partial charge is 0.231 e. The third-order valence-corrected chi connectivity index (χ3v) is 5.78. The number of benzene rings is 2. The molecule has 3 N–H and O–H groups in total. The van der Waals surface area contributed by atoms with E-state index in [0.717, 1.165) is 47.6 Å². The van der Waals surface area contributed by atoms with Crippen molar-refractivity contribution in [2.45, 2.75) is 57.8 Å². The van der Waals surface area contributed by atoms with Crippen molar-refractivity contribution in [3.8, 4) is 23.0 Å². The summed E-state index contributed by atoms with van der Waals surface area (Å²) in [5, 5.41) is 8.79. The highest BCUT2D eigenvalue weighted by molar-refractivity contribution is 5.81. The number of unbranched alkanes of at least 4 members (excludes halogenated alkanes) is 8. The van der Waals surface area contributed by atoms with E-state index < -0.39 is 0 Å². The van der Waals surface area contributed by atoms with Gasteiger partial charge >= 0.3 is 0 Å². The summed E-state index contributed by atoms with van der Waals surface area (Å²) < 4.78 is 22.3. The molecule has 0 amide bonds. The molecular weight excluding hydrogens is 418 g/mol. The normalized spacial score (nSPS) is 12.7. The Labute approximate surface area is 197 Å². The molecule has 0 saturated carbocycles. The molecule has 1 aliphatic heterocycles. The van der Waals surface area contributed by atoms with Gasteiger partial charge < -0.3 is 29.8 Å². The molecule has 0 radical (unpaired) electrons. The highest BCUT2D eigenvalue weighted by Crippen LogP contribution is 2.34. The van der Waals surface area contributed by atoms with Gasteiger partial charge in [-0.2, -0.15) is 0 Å². The fraction of sp³-hybridized carbons (Fsp3) is 0.481. The standard InChI is InChI=1S/C27H37NO5/c1-30-26-19-22(23(28)17-21-11-13-25-27(18-21)33-20-32-25)12-14-24(26)31-16-10-8-6-4-2-3-5-7-9-15-29/h11-14,17-19,29H,2-10,15-16,20,28H2,1H3/b23-17-. The van der Waals surface area contributed by atoms with Crippen molar-refractivity contribution in [1.29, 1.82) is 0 Å². The number of methoxy groups -OCH3 is 1. The minimum atomic E-state index is 0.253. The fourth-order valence-electron chi connectivity index (χ4n) is 3.87. The molecule has 0 unspecified atom stereocenters. The summed E-state index contributed by atoms with van der Waals surface area (Å²) in [5.41, 5.74) is 8.79. The zero-order chi connectivity index (χ0) is 23.3. The van der Waals surface area contributed by atoms with Crippen LogP contribution in [0.25, 0.3) is 11.8 Å². The van der Waals surface area contributed by atoms with E-state index in [4.69, 9.17) is 29.8 Å². The molecule has 0 bridgehead atoms. The second-order valence-electron chi connectivity index (χ2n) is 8.33. The summed E-state index contributed by atoms with van der Waals surface area (Å²) in [7, 11) is 1.64. The molecule has 1 heterocycles. The topological polar surface area (TPSA) is 83.2 Å². The van der Waals surface area contributed by atoms with Gasteiger partial charge in [-0.05, 0) is 54.8 Å². The first-order valence-electron chi connectivity index (χ1n) is 12.0. The predicted octanol–water partition coefficient (Wildman–Crippen LogP) is 5.76. The third kappa shape index (κ3) is 7.90. The molecule has 0 fully saturated rings. The Kier molecular flexibility index (Phi) is 10.2. The van der Waals surface area contributed by atoms with Crippen LogP contribution in [0, 0.1) is 0 Å². The molecular formula is C27H37NO5. The van der Waals surface area contributed by atoms with Gasteiger partial charge in [-0.15, -0.1) is 0 Å². The molecule has 6 heteroatoms. The van der Waals surface area contributed by atoms with Crippen molar-refractivity contribution in [3.05, 3.63) is 47.5 Å². The van der Waals surface area contributed by atoms with E-state index in [0.29, 0.717) is 24.7 Å². The summed E-state index contributed by atoms with van der Waals surface area (Å²) in [5.74, 6) is 2.90. The highest BCUT2D eigenvalue weighted by Gasteiger charge is 2.13. The number of hydrogen-bond acceptors (Lipinski definition) is 6. The van der Waals surface area contributed by atoms with Crippen molar-refractivity contribution in [3.63, 3.8) is 0 Å². The Morgan fingerprint density at radius 2 is 1.58 bits per heavy atom. The second-order valence-corrected chi connectivity index (χ2v) is 8.33. The molecule has 2 aromatic rings. The number of fused-ring (bicyclic) bond motifs is 1. The van der Waals surface area contributed by atoms with Crippen LogP contribution in [0.5, 0.6) is 23.0 Å². The minimum Gasteiger partial charge on any atom is -0.493 e. The van der Waals surface area contributed by atoms with E-state index >= 15 is 0 Å². The summed E-state index contributed by atoms with van der Waals surface area (Å²) in [6.07, 6.45) is 12.5. The summed E-state index contributed by atoms with van der Waals surface area (Å²) in [6.45, 7) is 1.25. The zero-order valence-electron chi connectivity index (χ0n) is 19.7. The van der Waals surface area contributed by atoms with Gasteiger partial charge in [-0.3, -0.25) is 0 Å². The van der Waals surface area contributed by atoms with Crippen LogP contribution < -0.4 is 24.7 Å². The summed E-state index contributed by atoms with van der Waals surface area (Å²) >= 11 is 0. The molecule has 1 aliphatic rings. The molecule has 0 atom stereocenters. The largest absolute Gasteiger partial charge is 0.493 e. The van der Waals surface area contributed by atoms with E-state index in [2.05, 4.69) is 0 Å². The van der Waals surface area contributed by atoms with Crippen molar-refractivity contribution in [1.82, 2.24) is 0 Å². The molecule has 3 rings (SSSR count). The molecule has 0 aliphatic carbocycles. The number of aliphatic hydroxyl groups excluding tert-OH is 1. The number of aliphatic hydroxyl groups is 1. The van der Waals surface area contributed by atoms with E-state index in [1.807, 2.05) is 42.5 Å². The van der Waals surface area contributed by atoms with Gasteiger partial charge in [0.15, 0.2) is 23.0 Å². The van der Waals surface area contributed by atoms with E-state index in [1.54, 1.807) is 7.11 Å². The number of nitrogens with two attached hydrogens (primary N) is 1. The van der Waals surface area contributed by atoms with Crippen molar-refractivity contribution in [2.24, 2.45) is 5.73 Å². The Hall–Kier alpha value is -2.86. The third-order valence-electron chi connectivity index (χ3n) is 5.78. The first kappa shape index (κ1) is 24.8. The lowest BCUT2D eigenvalue weighted by Gasteiger charge is -2.12. The van der Waals surface area contributed by atoms with Gasteiger partial charge in [0.1, 0.15) is 0 Å². The van der Waals surface area contributed by atoms with Gasteiger partial charge in [0.05, 0.1) is 13.7 Å².